The van der Waals surface area contributed by atoms with E-state index < -0.39 is 0 Å². The van der Waals surface area contributed by atoms with Crippen molar-refractivity contribution in [2.75, 3.05) is 13.7 Å². The Labute approximate surface area is 187 Å². The Morgan fingerprint density at radius 1 is 0.969 bits per heavy atom. The summed E-state index contributed by atoms with van der Waals surface area (Å²) in [5.74, 6) is 1.69. The monoisotopic (exact) mass is 427 g/mol. The first-order valence-corrected chi connectivity index (χ1v) is 10.5. The summed E-state index contributed by atoms with van der Waals surface area (Å²) in [5, 5.41) is 4.09. The normalized spacial score (nSPS) is 11.7. The van der Waals surface area contributed by atoms with E-state index in [9.17, 15) is 4.79 Å². The molecule has 162 valence electrons. The molecule has 0 saturated carbocycles. The molecular weight excluding hydrogens is 402 g/mol. The molecule has 0 bridgehead atoms. The van der Waals surface area contributed by atoms with Gasteiger partial charge in [0.1, 0.15) is 5.75 Å². The fraction of sp³-hybridized carbons (Fsp3) is 0.192. The van der Waals surface area contributed by atoms with Crippen molar-refractivity contribution in [2.24, 2.45) is 0 Å². The minimum atomic E-state index is -0.123. The number of methoxy groups -OCH3 is 1. The van der Waals surface area contributed by atoms with E-state index in [1.807, 2.05) is 72.5 Å². The molecule has 0 unspecified atom stereocenters. The third kappa shape index (κ3) is 4.86. The molecule has 6 heteroatoms. The molecule has 4 aromatic rings. The molecule has 0 N–H and O–H groups in total. The smallest absolute Gasteiger partial charge is 0.254 e. The van der Waals surface area contributed by atoms with E-state index >= 15 is 0 Å². The highest BCUT2D eigenvalue weighted by atomic mass is 16.5. The van der Waals surface area contributed by atoms with Gasteiger partial charge in [0.2, 0.25) is 11.7 Å². The van der Waals surface area contributed by atoms with Crippen LogP contribution >= 0.6 is 0 Å². The number of ether oxygens (including phenoxy) is 1. The average molecular weight is 428 g/mol. The lowest BCUT2D eigenvalue weighted by Crippen LogP contribution is -2.35. The predicted molar refractivity (Wildman–Crippen MR) is 122 cm³/mol. The maximum Gasteiger partial charge on any atom is 0.254 e. The molecular formula is C26H25N3O3. The Hall–Kier alpha value is -3.93. The molecule has 1 heterocycles. The Kier molecular flexibility index (Phi) is 6.60. The quantitative estimate of drug-likeness (QED) is 0.387. The van der Waals surface area contributed by atoms with Gasteiger partial charge in [0, 0.05) is 24.1 Å². The van der Waals surface area contributed by atoms with E-state index in [-0.39, 0.29) is 11.9 Å². The summed E-state index contributed by atoms with van der Waals surface area (Å²) < 4.78 is 10.7. The van der Waals surface area contributed by atoms with E-state index in [2.05, 4.69) is 10.1 Å². The maximum atomic E-state index is 13.4. The number of nitrogens with zero attached hydrogens (tertiary/aromatic N) is 3. The van der Waals surface area contributed by atoms with Gasteiger partial charge in [-0.25, -0.2) is 0 Å². The Morgan fingerprint density at radius 3 is 2.28 bits per heavy atom. The lowest BCUT2D eigenvalue weighted by Gasteiger charge is -2.29. The van der Waals surface area contributed by atoms with Crippen LogP contribution in [0.5, 0.6) is 5.75 Å². The number of aromatic nitrogens is 2. The zero-order valence-corrected chi connectivity index (χ0v) is 18.1. The molecule has 4 rings (SSSR count). The van der Waals surface area contributed by atoms with E-state index in [1.165, 1.54) is 0 Å². The summed E-state index contributed by atoms with van der Waals surface area (Å²) in [4.78, 5) is 19.8. The summed E-state index contributed by atoms with van der Waals surface area (Å²) in [6.07, 6.45) is 0.457. The van der Waals surface area contributed by atoms with E-state index in [0.717, 1.165) is 11.1 Å². The van der Waals surface area contributed by atoms with E-state index in [4.69, 9.17) is 9.26 Å². The summed E-state index contributed by atoms with van der Waals surface area (Å²) >= 11 is 0. The summed E-state index contributed by atoms with van der Waals surface area (Å²) in [7, 11) is 1.61. The van der Waals surface area contributed by atoms with Crippen LogP contribution in [0.15, 0.2) is 89.5 Å². The van der Waals surface area contributed by atoms with Crippen molar-refractivity contribution in [1.29, 1.82) is 0 Å². The molecule has 0 radical (unpaired) electrons. The number of rotatable bonds is 8. The average Bonchev–Trinajstić information content (AvgIpc) is 3.34. The van der Waals surface area contributed by atoms with Crippen LogP contribution in [0.25, 0.3) is 11.4 Å². The number of carbonyl (C=O) groups is 1. The van der Waals surface area contributed by atoms with Gasteiger partial charge in [-0.15, -0.1) is 0 Å². The van der Waals surface area contributed by atoms with Crippen molar-refractivity contribution in [3.05, 3.63) is 102 Å². The fourth-order valence-electron chi connectivity index (χ4n) is 3.56. The topological polar surface area (TPSA) is 68.5 Å². The number of hydrogen-bond acceptors (Lipinski definition) is 5. The number of hydrogen-bond donors (Lipinski definition) is 0. The molecule has 0 saturated heterocycles. The van der Waals surface area contributed by atoms with Crippen molar-refractivity contribution in [2.45, 2.75) is 19.4 Å². The van der Waals surface area contributed by atoms with E-state index in [0.29, 0.717) is 36.0 Å². The minimum Gasteiger partial charge on any atom is -0.497 e. The van der Waals surface area contributed by atoms with E-state index in [1.54, 1.807) is 31.4 Å². The summed E-state index contributed by atoms with van der Waals surface area (Å²) in [6.45, 7) is 2.47. The molecule has 0 spiro atoms. The first-order valence-electron chi connectivity index (χ1n) is 10.5. The largest absolute Gasteiger partial charge is 0.497 e. The van der Waals surface area contributed by atoms with Gasteiger partial charge in [-0.05, 0) is 36.8 Å². The highest BCUT2D eigenvalue weighted by Crippen LogP contribution is 2.24. The second-order valence-corrected chi connectivity index (χ2v) is 7.44. The maximum absolute atomic E-state index is 13.4. The van der Waals surface area contributed by atoms with Crippen molar-refractivity contribution >= 4 is 5.91 Å². The van der Waals surface area contributed by atoms with Gasteiger partial charge in [-0.1, -0.05) is 65.8 Å². The van der Waals surface area contributed by atoms with Crippen LogP contribution in [0.4, 0.5) is 0 Å². The molecule has 1 aromatic heterocycles. The van der Waals surface area contributed by atoms with Crippen LogP contribution in [-0.2, 0) is 6.42 Å². The second-order valence-electron chi connectivity index (χ2n) is 7.44. The number of carbonyl (C=O) groups excluding carboxylic acids is 1. The first-order chi connectivity index (χ1) is 15.7. The predicted octanol–water partition coefficient (Wildman–Crippen LogP) is 5.19. The Balaban J connectivity index is 1.55. The molecule has 0 aliphatic carbocycles. The molecule has 1 amide bonds. The molecule has 1 atom stereocenters. The molecule has 0 fully saturated rings. The zero-order valence-electron chi connectivity index (χ0n) is 18.1. The molecule has 0 aliphatic rings. The lowest BCUT2D eigenvalue weighted by atomic mass is 10.0. The van der Waals surface area contributed by atoms with Gasteiger partial charge < -0.3 is 14.2 Å². The minimum absolute atomic E-state index is 0.0631. The van der Waals surface area contributed by atoms with Crippen LogP contribution in [0.2, 0.25) is 0 Å². The highest BCUT2D eigenvalue weighted by molar-refractivity contribution is 5.94. The van der Waals surface area contributed by atoms with Gasteiger partial charge >= 0.3 is 0 Å². The van der Waals surface area contributed by atoms with Crippen molar-refractivity contribution in [3.63, 3.8) is 0 Å². The third-order valence-corrected chi connectivity index (χ3v) is 5.41. The van der Waals surface area contributed by atoms with Crippen LogP contribution in [-0.4, -0.2) is 34.6 Å². The lowest BCUT2D eigenvalue weighted by molar-refractivity contribution is 0.0689. The van der Waals surface area contributed by atoms with Gasteiger partial charge in [0.25, 0.3) is 5.91 Å². The number of amides is 1. The zero-order chi connectivity index (χ0) is 22.3. The van der Waals surface area contributed by atoms with Gasteiger partial charge in [0.05, 0.1) is 13.2 Å². The van der Waals surface area contributed by atoms with Crippen molar-refractivity contribution < 1.29 is 14.1 Å². The van der Waals surface area contributed by atoms with Crippen LogP contribution in [0, 0.1) is 0 Å². The Bertz CT molecular complexity index is 1140. The van der Waals surface area contributed by atoms with Gasteiger partial charge in [0.15, 0.2) is 0 Å². The van der Waals surface area contributed by atoms with Crippen molar-refractivity contribution in [1.82, 2.24) is 15.0 Å². The third-order valence-electron chi connectivity index (χ3n) is 5.41. The number of benzene rings is 3. The summed E-state index contributed by atoms with van der Waals surface area (Å²) in [6, 6.07) is 26.7. The second kappa shape index (κ2) is 9.92. The standard InChI is InChI=1S/C26H25N3O3/c1-19(20-9-5-3-6-10-20)29(26(30)22-13-15-23(31-2)16-14-22)18-17-24-27-25(28-32-24)21-11-7-4-8-12-21/h3-16,19H,17-18H2,1-2H3/t19-/m0/s1. The SMILES string of the molecule is COc1ccc(C(=O)N(CCc2nc(-c3ccccc3)no2)[C@@H](C)c2ccccc2)cc1. The van der Waals surface area contributed by atoms with Crippen LogP contribution in [0.1, 0.15) is 34.8 Å². The highest BCUT2D eigenvalue weighted by Gasteiger charge is 2.24. The summed E-state index contributed by atoms with van der Waals surface area (Å²) in [5.41, 5.74) is 2.56. The molecule has 3 aromatic carbocycles. The van der Waals surface area contributed by atoms with Gasteiger partial charge in [-0.3, -0.25) is 4.79 Å². The van der Waals surface area contributed by atoms with Crippen LogP contribution < -0.4 is 4.74 Å². The van der Waals surface area contributed by atoms with Crippen LogP contribution in [0.3, 0.4) is 0 Å². The van der Waals surface area contributed by atoms with Crippen molar-refractivity contribution in [3.8, 4) is 17.1 Å². The molecule has 6 nitrogen and oxygen atoms in total. The fourth-order valence-corrected chi connectivity index (χ4v) is 3.56. The van der Waals surface area contributed by atoms with Gasteiger partial charge in [-0.2, -0.15) is 4.98 Å². The first kappa shape index (κ1) is 21.3. The molecule has 32 heavy (non-hydrogen) atoms. The Morgan fingerprint density at radius 2 is 1.62 bits per heavy atom. The molecule has 0 aliphatic heterocycles.